The van der Waals surface area contributed by atoms with Gasteiger partial charge in [-0.2, -0.15) is 0 Å². The summed E-state index contributed by atoms with van der Waals surface area (Å²) in [6.45, 7) is 5.65. The van der Waals surface area contributed by atoms with Crippen molar-refractivity contribution in [3.63, 3.8) is 0 Å². The van der Waals surface area contributed by atoms with Gasteiger partial charge in [-0.3, -0.25) is 15.1 Å². The van der Waals surface area contributed by atoms with Gasteiger partial charge in [0.2, 0.25) is 0 Å². The maximum atomic E-state index is 10.6. The molecule has 5 heteroatoms. The molecule has 0 atom stereocenters. The van der Waals surface area contributed by atoms with E-state index in [4.69, 9.17) is 5.73 Å². The number of aryl methyl sites for hydroxylation is 1. The monoisotopic (exact) mass is 221 g/mol. The van der Waals surface area contributed by atoms with Gasteiger partial charge in [-0.1, -0.05) is 6.07 Å². The van der Waals surface area contributed by atoms with Gasteiger partial charge in [0, 0.05) is 23.7 Å². The number of hydrogen-bond donors (Lipinski definition) is 1. The highest BCUT2D eigenvalue weighted by molar-refractivity contribution is 5.99. The number of amidine groups is 1. The third-order valence-electron chi connectivity index (χ3n) is 2.11. The van der Waals surface area contributed by atoms with Gasteiger partial charge in [-0.05, 0) is 26.3 Å². The minimum atomic E-state index is -0.439. The van der Waals surface area contributed by atoms with Crippen molar-refractivity contribution in [3.05, 3.63) is 39.4 Å². The summed E-state index contributed by atoms with van der Waals surface area (Å²) >= 11 is 0. The average Bonchev–Trinajstić information content (AvgIpc) is 2.16. The molecule has 0 aliphatic heterocycles. The van der Waals surface area contributed by atoms with Gasteiger partial charge in [0.25, 0.3) is 5.69 Å². The van der Waals surface area contributed by atoms with Crippen molar-refractivity contribution in [2.24, 2.45) is 10.7 Å². The highest BCUT2D eigenvalue weighted by atomic mass is 16.6. The highest BCUT2D eigenvalue weighted by Gasteiger charge is 2.11. The Bertz CT molecular complexity index is 439. The minimum absolute atomic E-state index is 0.0301. The molecule has 0 heterocycles. The summed E-state index contributed by atoms with van der Waals surface area (Å²) in [5.41, 5.74) is 7.33. The first-order valence-electron chi connectivity index (χ1n) is 5.00. The van der Waals surface area contributed by atoms with E-state index in [1.807, 2.05) is 20.8 Å². The second kappa shape index (κ2) is 4.74. The predicted octanol–water partition coefficient (Wildman–Crippen LogP) is 2.02. The normalized spacial score (nSPS) is 11.9. The standard InChI is InChI=1S/C11H15N3O2/c1-7(2)13-11(12)10-6-9(14(15)16)5-4-8(10)3/h4-7H,1-3H3,(H2,12,13). The van der Waals surface area contributed by atoms with Crippen LogP contribution in [0.1, 0.15) is 25.0 Å². The Morgan fingerprint density at radius 3 is 2.62 bits per heavy atom. The van der Waals surface area contributed by atoms with Crippen molar-refractivity contribution in [1.29, 1.82) is 0 Å². The van der Waals surface area contributed by atoms with Gasteiger partial charge < -0.3 is 5.73 Å². The number of aliphatic imine (C=N–C) groups is 1. The van der Waals surface area contributed by atoms with Crippen molar-refractivity contribution >= 4 is 11.5 Å². The van der Waals surface area contributed by atoms with Crippen LogP contribution < -0.4 is 5.73 Å². The Labute approximate surface area is 94.1 Å². The lowest BCUT2D eigenvalue weighted by atomic mass is 10.1. The first kappa shape index (κ1) is 12.2. The average molecular weight is 221 g/mol. The van der Waals surface area contributed by atoms with E-state index in [2.05, 4.69) is 4.99 Å². The number of non-ortho nitro benzene ring substituents is 1. The molecule has 0 unspecified atom stereocenters. The van der Waals surface area contributed by atoms with Gasteiger partial charge in [-0.25, -0.2) is 0 Å². The molecule has 86 valence electrons. The lowest BCUT2D eigenvalue weighted by molar-refractivity contribution is -0.384. The number of nitrogens with zero attached hydrogens (tertiary/aromatic N) is 2. The van der Waals surface area contributed by atoms with Crippen LogP contribution in [0.2, 0.25) is 0 Å². The first-order chi connectivity index (χ1) is 7.41. The summed E-state index contributed by atoms with van der Waals surface area (Å²) in [5.74, 6) is 0.344. The number of rotatable bonds is 3. The Morgan fingerprint density at radius 2 is 2.12 bits per heavy atom. The molecule has 0 aliphatic carbocycles. The fourth-order valence-electron chi connectivity index (χ4n) is 1.35. The van der Waals surface area contributed by atoms with Crippen molar-refractivity contribution in [2.45, 2.75) is 26.8 Å². The smallest absolute Gasteiger partial charge is 0.270 e. The Hall–Kier alpha value is -1.91. The summed E-state index contributed by atoms with van der Waals surface area (Å²) in [7, 11) is 0. The maximum absolute atomic E-state index is 10.6. The summed E-state index contributed by atoms with van der Waals surface area (Å²) in [6, 6.07) is 4.66. The van der Waals surface area contributed by atoms with Crippen LogP contribution in [-0.4, -0.2) is 16.8 Å². The van der Waals surface area contributed by atoms with Gasteiger partial charge in [-0.15, -0.1) is 0 Å². The molecule has 0 amide bonds. The summed E-state index contributed by atoms with van der Waals surface area (Å²) in [4.78, 5) is 14.4. The molecule has 0 saturated carbocycles. The van der Waals surface area contributed by atoms with Crippen molar-refractivity contribution in [2.75, 3.05) is 0 Å². The van der Waals surface area contributed by atoms with Gasteiger partial charge in [0.05, 0.1) is 4.92 Å². The van der Waals surface area contributed by atoms with E-state index < -0.39 is 4.92 Å². The van der Waals surface area contributed by atoms with Crippen LogP contribution in [0.5, 0.6) is 0 Å². The first-order valence-corrected chi connectivity index (χ1v) is 5.00. The maximum Gasteiger partial charge on any atom is 0.270 e. The summed E-state index contributed by atoms with van der Waals surface area (Å²) in [6.07, 6.45) is 0. The molecule has 16 heavy (non-hydrogen) atoms. The molecule has 0 aromatic heterocycles. The zero-order chi connectivity index (χ0) is 12.3. The molecule has 1 aromatic carbocycles. The van der Waals surface area contributed by atoms with E-state index in [1.54, 1.807) is 6.07 Å². The lowest BCUT2D eigenvalue weighted by Crippen LogP contribution is -2.17. The van der Waals surface area contributed by atoms with E-state index in [0.717, 1.165) is 5.56 Å². The highest BCUT2D eigenvalue weighted by Crippen LogP contribution is 2.17. The topological polar surface area (TPSA) is 81.5 Å². The zero-order valence-electron chi connectivity index (χ0n) is 9.60. The predicted molar refractivity (Wildman–Crippen MR) is 63.7 cm³/mol. The Balaban J connectivity index is 3.22. The third-order valence-corrected chi connectivity index (χ3v) is 2.11. The number of nitrogens with two attached hydrogens (primary N) is 1. The van der Waals surface area contributed by atoms with Crippen molar-refractivity contribution < 1.29 is 4.92 Å². The third kappa shape index (κ3) is 2.79. The molecule has 0 fully saturated rings. The fraction of sp³-hybridized carbons (Fsp3) is 0.364. The van der Waals surface area contributed by atoms with Gasteiger partial charge in [0.1, 0.15) is 5.84 Å². The molecular weight excluding hydrogens is 206 g/mol. The molecule has 5 nitrogen and oxygen atoms in total. The fourth-order valence-corrected chi connectivity index (χ4v) is 1.35. The molecule has 0 saturated heterocycles. The van der Waals surface area contributed by atoms with E-state index in [1.165, 1.54) is 12.1 Å². The van der Waals surface area contributed by atoms with Gasteiger partial charge in [0.15, 0.2) is 0 Å². The second-order valence-corrected chi connectivity index (χ2v) is 3.86. The Kier molecular flexibility index (Phi) is 3.60. The molecular formula is C11H15N3O2. The van der Waals surface area contributed by atoms with E-state index in [9.17, 15) is 10.1 Å². The van der Waals surface area contributed by atoms with Crippen LogP contribution in [0, 0.1) is 17.0 Å². The molecule has 1 rings (SSSR count). The van der Waals surface area contributed by atoms with Crippen LogP contribution in [0.25, 0.3) is 0 Å². The van der Waals surface area contributed by atoms with Crippen LogP contribution in [0.15, 0.2) is 23.2 Å². The molecule has 0 radical (unpaired) electrons. The lowest BCUT2D eigenvalue weighted by Gasteiger charge is -2.06. The number of benzene rings is 1. The van der Waals surface area contributed by atoms with Crippen molar-refractivity contribution in [1.82, 2.24) is 0 Å². The van der Waals surface area contributed by atoms with E-state index in [0.29, 0.717) is 11.4 Å². The van der Waals surface area contributed by atoms with Gasteiger partial charge >= 0.3 is 0 Å². The number of nitro benzene ring substituents is 1. The molecule has 2 N–H and O–H groups in total. The zero-order valence-corrected chi connectivity index (χ0v) is 9.60. The molecule has 0 aliphatic rings. The summed E-state index contributed by atoms with van der Waals surface area (Å²) in [5, 5.41) is 10.6. The quantitative estimate of drug-likeness (QED) is 0.367. The minimum Gasteiger partial charge on any atom is -0.383 e. The Morgan fingerprint density at radius 1 is 1.50 bits per heavy atom. The molecule has 0 spiro atoms. The van der Waals surface area contributed by atoms with Crippen LogP contribution in [-0.2, 0) is 0 Å². The van der Waals surface area contributed by atoms with Crippen LogP contribution >= 0.6 is 0 Å². The van der Waals surface area contributed by atoms with Crippen LogP contribution in [0.4, 0.5) is 5.69 Å². The summed E-state index contributed by atoms with van der Waals surface area (Å²) < 4.78 is 0. The molecule has 0 bridgehead atoms. The molecule has 1 aromatic rings. The SMILES string of the molecule is Cc1ccc([N+](=O)[O-])cc1C(N)=NC(C)C. The van der Waals surface area contributed by atoms with E-state index >= 15 is 0 Å². The largest absolute Gasteiger partial charge is 0.383 e. The van der Waals surface area contributed by atoms with Crippen molar-refractivity contribution in [3.8, 4) is 0 Å². The number of nitro groups is 1. The van der Waals surface area contributed by atoms with Crippen LogP contribution in [0.3, 0.4) is 0 Å². The number of hydrogen-bond acceptors (Lipinski definition) is 3. The van der Waals surface area contributed by atoms with E-state index in [-0.39, 0.29) is 11.7 Å². The second-order valence-electron chi connectivity index (χ2n) is 3.86.